The number of unbranched alkanes of at least 4 members (excludes halogenated alkanes) is 2. The number of aryl methyl sites for hydroxylation is 1. The summed E-state index contributed by atoms with van der Waals surface area (Å²) < 4.78 is 10.8. The molecule has 0 amide bonds. The van der Waals surface area contributed by atoms with Crippen LogP contribution in [0.5, 0.6) is 0 Å². The molecule has 1 fully saturated rings. The van der Waals surface area contributed by atoms with Gasteiger partial charge in [-0.05, 0) is 99.8 Å². The number of carbonyl (C=O) groups excluding carboxylic acids is 2. The van der Waals surface area contributed by atoms with Gasteiger partial charge in [-0.1, -0.05) is 94.3 Å². The van der Waals surface area contributed by atoms with Crippen molar-refractivity contribution >= 4 is 11.9 Å². The van der Waals surface area contributed by atoms with Crippen molar-refractivity contribution in [3.05, 3.63) is 84.0 Å². The average Bonchev–Trinajstić information content (AvgIpc) is 3.01. The summed E-state index contributed by atoms with van der Waals surface area (Å²) in [7, 11) is 0. The Hall–Kier alpha value is -3.18. The van der Waals surface area contributed by atoms with E-state index in [4.69, 9.17) is 9.47 Å². The lowest BCUT2D eigenvalue weighted by Gasteiger charge is -2.29. The summed E-state index contributed by atoms with van der Waals surface area (Å²) in [5, 5.41) is 10.0. The first kappa shape index (κ1) is 35.3. The first-order valence-electron chi connectivity index (χ1n) is 16.6. The summed E-state index contributed by atoms with van der Waals surface area (Å²) in [5.41, 5.74) is 4.12. The topological polar surface area (TPSA) is 72.8 Å². The number of aliphatic hydroxyl groups is 1. The van der Waals surface area contributed by atoms with Gasteiger partial charge in [0.05, 0.1) is 24.4 Å². The molecule has 44 heavy (non-hydrogen) atoms. The number of carbonyl (C=O) groups is 2. The zero-order valence-electron chi connectivity index (χ0n) is 27.5. The van der Waals surface area contributed by atoms with Crippen LogP contribution in [0, 0.1) is 11.8 Å². The molecule has 2 aromatic rings. The fourth-order valence-corrected chi connectivity index (χ4v) is 5.94. The predicted molar refractivity (Wildman–Crippen MR) is 179 cm³/mol. The lowest BCUT2D eigenvalue weighted by molar-refractivity contribution is -0.145. The smallest absolute Gasteiger partial charge is 0.336 e. The van der Waals surface area contributed by atoms with Gasteiger partial charge in [-0.15, -0.1) is 0 Å². The molecule has 0 saturated heterocycles. The summed E-state index contributed by atoms with van der Waals surface area (Å²) in [5.74, 6) is 0.346. The Labute approximate surface area is 265 Å². The van der Waals surface area contributed by atoms with E-state index in [1.54, 1.807) is 6.92 Å². The maximum atomic E-state index is 12.3. The van der Waals surface area contributed by atoms with Crippen molar-refractivity contribution in [2.24, 2.45) is 11.8 Å². The van der Waals surface area contributed by atoms with E-state index in [-0.39, 0.29) is 24.7 Å². The Morgan fingerprint density at radius 2 is 1.43 bits per heavy atom. The maximum absolute atomic E-state index is 12.3. The quantitative estimate of drug-likeness (QED) is 0.111. The summed E-state index contributed by atoms with van der Waals surface area (Å²) in [6.45, 7) is 14.3. The van der Waals surface area contributed by atoms with Crippen LogP contribution >= 0.6 is 0 Å². The van der Waals surface area contributed by atoms with Gasteiger partial charge in [0, 0.05) is 11.5 Å². The Balaban J connectivity index is 1.49. The SMILES string of the molecule is C=C(C)C(=O)OCC(CCCc1ccc(-c2ccc(C3CCC(CCCCC)CC3)cc2)cc1)COC(=O)C(=C)C(C)(C)O. The fourth-order valence-electron chi connectivity index (χ4n) is 5.94. The van der Waals surface area contributed by atoms with E-state index >= 15 is 0 Å². The minimum Gasteiger partial charge on any atom is -0.462 e. The van der Waals surface area contributed by atoms with Crippen molar-refractivity contribution in [1.82, 2.24) is 0 Å². The van der Waals surface area contributed by atoms with Crippen molar-refractivity contribution in [3.63, 3.8) is 0 Å². The Bertz CT molecular complexity index is 1210. The molecule has 0 heterocycles. The van der Waals surface area contributed by atoms with E-state index in [0.29, 0.717) is 17.9 Å². The highest BCUT2D eigenvalue weighted by atomic mass is 16.5. The van der Waals surface area contributed by atoms with E-state index in [9.17, 15) is 14.7 Å². The molecule has 1 atom stereocenters. The summed E-state index contributed by atoms with van der Waals surface area (Å²) in [4.78, 5) is 24.3. The molecule has 0 radical (unpaired) electrons. The van der Waals surface area contributed by atoms with Crippen LogP contribution in [0.3, 0.4) is 0 Å². The minimum atomic E-state index is -1.36. The largest absolute Gasteiger partial charge is 0.462 e. The molecular weight excluding hydrogens is 548 g/mol. The van der Waals surface area contributed by atoms with Crippen LogP contribution in [0.1, 0.15) is 109 Å². The van der Waals surface area contributed by atoms with E-state index in [2.05, 4.69) is 68.6 Å². The van der Waals surface area contributed by atoms with Crippen molar-refractivity contribution < 1.29 is 24.2 Å². The highest BCUT2D eigenvalue weighted by Crippen LogP contribution is 2.38. The van der Waals surface area contributed by atoms with Gasteiger partial charge in [0.15, 0.2) is 0 Å². The average molecular weight is 603 g/mol. The third-order valence-corrected chi connectivity index (χ3v) is 9.04. The zero-order chi connectivity index (χ0) is 32.1. The molecular formula is C39H54O5. The van der Waals surface area contributed by atoms with Gasteiger partial charge in [-0.25, -0.2) is 9.59 Å². The van der Waals surface area contributed by atoms with E-state index in [0.717, 1.165) is 18.8 Å². The standard InChI is InChI=1S/C39H54O5/c1-7-8-9-11-30-14-18-33(19-15-30)35-22-24-36(25-23-35)34-20-16-31(17-21-34)12-10-13-32(26-43-37(40)28(2)3)27-44-38(41)29(4)39(5,6)42/h16-17,20-25,30,32-33,42H,2,4,7-15,18-19,26-27H2,1,3,5-6H3. The van der Waals surface area contributed by atoms with E-state index in [1.165, 1.54) is 87.5 Å². The lowest BCUT2D eigenvalue weighted by atomic mass is 9.77. The molecule has 0 aliphatic heterocycles. The lowest BCUT2D eigenvalue weighted by Crippen LogP contribution is -2.30. The highest BCUT2D eigenvalue weighted by Gasteiger charge is 2.26. The summed E-state index contributed by atoms with van der Waals surface area (Å²) in [6, 6.07) is 17.9. The van der Waals surface area contributed by atoms with Crippen molar-refractivity contribution in [2.45, 2.75) is 110 Å². The molecule has 0 bridgehead atoms. The first-order valence-corrected chi connectivity index (χ1v) is 16.6. The van der Waals surface area contributed by atoms with Gasteiger partial charge in [0.25, 0.3) is 0 Å². The molecule has 1 aliphatic rings. The molecule has 5 nitrogen and oxygen atoms in total. The van der Waals surface area contributed by atoms with Crippen LogP contribution in [0.2, 0.25) is 0 Å². The minimum absolute atomic E-state index is 0.00907. The van der Waals surface area contributed by atoms with Crippen LogP contribution in [0.15, 0.2) is 72.8 Å². The van der Waals surface area contributed by atoms with Crippen LogP contribution in [-0.2, 0) is 25.5 Å². The van der Waals surface area contributed by atoms with Gasteiger partial charge in [0.2, 0.25) is 0 Å². The van der Waals surface area contributed by atoms with E-state index in [1.807, 2.05) is 0 Å². The van der Waals surface area contributed by atoms with Gasteiger partial charge in [-0.3, -0.25) is 0 Å². The zero-order valence-corrected chi connectivity index (χ0v) is 27.5. The Morgan fingerprint density at radius 1 is 0.864 bits per heavy atom. The summed E-state index contributed by atoms with van der Waals surface area (Å²) >= 11 is 0. The van der Waals surface area contributed by atoms with Crippen molar-refractivity contribution in [2.75, 3.05) is 13.2 Å². The first-order chi connectivity index (χ1) is 21.0. The van der Waals surface area contributed by atoms with Crippen LogP contribution in [0.25, 0.3) is 11.1 Å². The van der Waals surface area contributed by atoms with Crippen molar-refractivity contribution in [3.8, 4) is 11.1 Å². The van der Waals surface area contributed by atoms with Crippen LogP contribution < -0.4 is 0 Å². The second-order valence-corrected chi connectivity index (χ2v) is 13.3. The Morgan fingerprint density at radius 3 is 1.98 bits per heavy atom. The number of hydrogen-bond acceptors (Lipinski definition) is 5. The molecule has 2 aromatic carbocycles. The normalized spacial score (nSPS) is 17.5. The monoisotopic (exact) mass is 602 g/mol. The molecule has 5 heteroatoms. The summed E-state index contributed by atoms with van der Waals surface area (Å²) in [6.07, 6.45) is 13.3. The second-order valence-electron chi connectivity index (χ2n) is 13.3. The molecule has 1 aliphatic carbocycles. The molecule has 240 valence electrons. The second kappa shape index (κ2) is 17.3. The fraction of sp³-hybridized carbons (Fsp3) is 0.538. The van der Waals surface area contributed by atoms with Gasteiger partial charge < -0.3 is 14.6 Å². The molecule has 1 saturated carbocycles. The number of benzene rings is 2. The van der Waals surface area contributed by atoms with Gasteiger partial charge in [-0.2, -0.15) is 0 Å². The Kier molecular flexibility index (Phi) is 13.9. The van der Waals surface area contributed by atoms with Crippen LogP contribution in [-0.4, -0.2) is 35.9 Å². The number of hydrogen-bond donors (Lipinski definition) is 1. The third kappa shape index (κ3) is 11.4. The number of esters is 2. The highest BCUT2D eigenvalue weighted by molar-refractivity contribution is 5.89. The van der Waals surface area contributed by atoms with Crippen LogP contribution in [0.4, 0.5) is 0 Å². The predicted octanol–water partition coefficient (Wildman–Crippen LogP) is 9.14. The molecule has 1 N–H and O–H groups in total. The van der Waals surface area contributed by atoms with E-state index < -0.39 is 17.5 Å². The molecule has 0 spiro atoms. The van der Waals surface area contributed by atoms with Crippen molar-refractivity contribution in [1.29, 1.82) is 0 Å². The van der Waals surface area contributed by atoms with Gasteiger partial charge in [0.1, 0.15) is 0 Å². The number of ether oxygens (including phenoxy) is 2. The van der Waals surface area contributed by atoms with Gasteiger partial charge >= 0.3 is 11.9 Å². The number of rotatable bonds is 17. The molecule has 1 unspecified atom stereocenters. The molecule has 3 rings (SSSR count). The molecule has 0 aromatic heterocycles. The maximum Gasteiger partial charge on any atom is 0.336 e. The third-order valence-electron chi connectivity index (χ3n) is 9.04.